The summed E-state index contributed by atoms with van der Waals surface area (Å²) in [6, 6.07) is 0.670. The van der Waals surface area contributed by atoms with Crippen LogP contribution in [0.4, 0.5) is 0 Å². The van der Waals surface area contributed by atoms with Gasteiger partial charge < -0.3 is 15.0 Å². The molecule has 1 rings (SSSR count). The molecule has 0 saturated carbocycles. The maximum atomic E-state index is 5.82. The minimum atomic E-state index is 0.309. The smallest absolute Gasteiger partial charge is 0.0546 e. The van der Waals surface area contributed by atoms with Crippen LogP contribution in [-0.4, -0.2) is 50.8 Å². The quantitative estimate of drug-likeness (QED) is 0.704. The highest BCUT2D eigenvalue weighted by atomic mass is 16.5. The molecule has 1 aliphatic heterocycles. The lowest BCUT2D eigenvalue weighted by molar-refractivity contribution is -0.0279. The number of hydrogen-bond donors (Lipinski definition) is 1. The van der Waals surface area contributed by atoms with Gasteiger partial charge in [-0.1, -0.05) is 27.2 Å². The van der Waals surface area contributed by atoms with Gasteiger partial charge in [0.1, 0.15) is 0 Å². The molecule has 3 nitrogen and oxygen atoms in total. The van der Waals surface area contributed by atoms with Crippen LogP contribution in [0.1, 0.15) is 53.4 Å². The first-order chi connectivity index (χ1) is 9.49. The summed E-state index contributed by atoms with van der Waals surface area (Å²) in [6.07, 6.45) is 5.05. The van der Waals surface area contributed by atoms with E-state index >= 15 is 0 Å². The largest absolute Gasteiger partial charge is 0.381 e. The number of nitrogens with one attached hydrogen (secondary N) is 1. The maximum absolute atomic E-state index is 5.82. The van der Waals surface area contributed by atoms with Crippen LogP contribution in [0.25, 0.3) is 0 Å². The minimum Gasteiger partial charge on any atom is -0.381 e. The van der Waals surface area contributed by atoms with Crippen molar-refractivity contribution in [3.8, 4) is 0 Å². The summed E-state index contributed by atoms with van der Waals surface area (Å²) < 4.78 is 5.82. The van der Waals surface area contributed by atoms with Crippen LogP contribution in [0, 0.1) is 11.3 Å². The van der Waals surface area contributed by atoms with E-state index in [9.17, 15) is 0 Å². The highest BCUT2D eigenvalue weighted by Crippen LogP contribution is 2.29. The Morgan fingerprint density at radius 2 is 2.05 bits per heavy atom. The van der Waals surface area contributed by atoms with Gasteiger partial charge in [-0.05, 0) is 45.7 Å². The molecular formula is C17H36N2O. The molecule has 0 aromatic carbocycles. The van der Waals surface area contributed by atoms with Crippen molar-refractivity contribution < 1.29 is 4.74 Å². The van der Waals surface area contributed by atoms with E-state index in [2.05, 4.69) is 45.0 Å². The zero-order valence-corrected chi connectivity index (χ0v) is 14.4. The van der Waals surface area contributed by atoms with Gasteiger partial charge in [-0.25, -0.2) is 0 Å². The van der Waals surface area contributed by atoms with E-state index in [0.717, 1.165) is 32.8 Å². The van der Waals surface area contributed by atoms with Gasteiger partial charge in [-0.15, -0.1) is 0 Å². The van der Waals surface area contributed by atoms with Gasteiger partial charge >= 0.3 is 0 Å². The molecule has 2 atom stereocenters. The second-order valence-electron chi connectivity index (χ2n) is 7.23. The Morgan fingerprint density at radius 1 is 1.30 bits per heavy atom. The first kappa shape index (κ1) is 17.9. The third kappa shape index (κ3) is 6.11. The highest BCUT2D eigenvalue weighted by Gasteiger charge is 2.34. The van der Waals surface area contributed by atoms with E-state index in [-0.39, 0.29) is 0 Å². The Hall–Kier alpha value is -0.120. The molecule has 1 fully saturated rings. The topological polar surface area (TPSA) is 24.5 Å². The predicted molar refractivity (Wildman–Crippen MR) is 87.2 cm³/mol. The highest BCUT2D eigenvalue weighted by molar-refractivity contribution is 4.87. The van der Waals surface area contributed by atoms with Gasteiger partial charge in [0.05, 0.1) is 6.61 Å². The molecule has 1 aliphatic rings. The fraction of sp³-hybridized carbons (Fsp3) is 1.00. The molecule has 0 aliphatic carbocycles. The molecule has 0 bridgehead atoms. The number of nitrogens with zero attached hydrogens (tertiary/aromatic N) is 1. The lowest BCUT2D eigenvalue weighted by atomic mass is 9.81. The summed E-state index contributed by atoms with van der Waals surface area (Å²) >= 11 is 0. The van der Waals surface area contributed by atoms with Crippen molar-refractivity contribution in [3.63, 3.8) is 0 Å². The summed E-state index contributed by atoms with van der Waals surface area (Å²) in [5, 5.41) is 3.67. The third-order valence-corrected chi connectivity index (χ3v) is 4.50. The minimum absolute atomic E-state index is 0.309. The summed E-state index contributed by atoms with van der Waals surface area (Å²) in [6.45, 7) is 14.4. The second-order valence-corrected chi connectivity index (χ2v) is 7.23. The number of hydrogen-bond acceptors (Lipinski definition) is 3. The van der Waals surface area contributed by atoms with Crippen LogP contribution in [0.3, 0.4) is 0 Å². The molecule has 0 spiro atoms. The Balaban J connectivity index is 2.53. The van der Waals surface area contributed by atoms with Crippen molar-refractivity contribution in [3.05, 3.63) is 0 Å². The van der Waals surface area contributed by atoms with Crippen LogP contribution < -0.4 is 5.32 Å². The van der Waals surface area contributed by atoms with Gasteiger partial charge in [0.25, 0.3) is 0 Å². The molecule has 0 aromatic heterocycles. The van der Waals surface area contributed by atoms with Crippen molar-refractivity contribution in [2.24, 2.45) is 11.3 Å². The lowest BCUT2D eigenvalue weighted by Crippen LogP contribution is -2.50. The van der Waals surface area contributed by atoms with Crippen LogP contribution in [0.2, 0.25) is 0 Å². The van der Waals surface area contributed by atoms with Crippen molar-refractivity contribution in [2.45, 2.75) is 59.4 Å². The van der Waals surface area contributed by atoms with Crippen molar-refractivity contribution in [1.82, 2.24) is 10.2 Å². The molecule has 120 valence electrons. The maximum Gasteiger partial charge on any atom is 0.0546 e. The molecule has 0 aromatic rings. The van der Waals surface area contributed by atoms with Gasteiger partial charge in [-0.3, -0.25) is 0 Å². The zero-order chi connectivity index (χ0) is 15.0. The van der Waals surface area contributed by atoms with Gasteiger partial charge in [0.15, 0.2) is 0 Å². The van der Waals surface area contributed by atoms with E-state index < -0.39 is 0 Å². The summed E-state index contributed by atoms with van der Waals surface area (Å²) in [5.41, 5.74) is 0.309. The van der Waals surface area contributed by atoms with E-state index in [1.807, 2.05) is 0 Å². The monoisotopic (exact) mass is 284 g/mol. The summed E-state index contributed by atoms with van der Waals surface area (Å²) in [5.74, 6) is 0.716. The molecule has 1 N–H and O–H groups in total. The van der Waals surface area contributed by atoms with E-state index in [1.54, 1.807) is 0 Å². The van der Waals surface area contributed by atoms with E-state index in [1.165, 1.54) is 25.7 Å². The first-order valence-corrected chi connectivity index (χ1v) is 8.48. The third-order valence-electron chi connectivity index (χ3n) is 4.50. The Labute approximate surface area is 126 Å². The number of rotatable bonds is 9. The first-order valence-electron chi connectivity index (χ1n) is 8.48. The zero-order valence-electron chi connectivity index (χ0n) is 14.4. The average Bonchev–Trinajstić information content (AvgIpc) is 2.39. The Morgan fingerprint density at radius 3 is 2.60 bits per heavy atom. The van der Waals surface area contributed by atoms with Crippen molar-refractivity contribution >= 4 is 0 Å². The Bertz CT molecular complexity index is 249. The second kappa shape index (κ2) is 9.01. The van der Waals surface area contributed by atoms with E-state index in [4.69, 9.17) is 4.74 Å². The molecule has 3 heteroatoms. The molecule has 0 amide bonds. The SMILES string of the molecule is CCCC(C)N(C)CC1(CNCC(C)C)CCCOC1. The Kier molecular flexibility index (Phi) is 8.08. The van der Waals surface area contributed by atoms with Crippen LogP contribution >= 0.6 is 0 Å². The predicted octanol–water partition coefficient (Wildman–Crippen LogP) is 3.15. The van der Waals surface area contributed by atoms with Crippen LogP contribution in [0.5, 0.6) is 0 Å². The standard InChI is InChI=1S/C17H36N2O/c1-6-8-16(4)19(5)13-17(9-7-10-20-14-17)12-18-11-15(2)3/h15-16,18H,6-14H2,1-5H3. The summed E-state index contributed by atoms with van der Waals surface area (Å²) in [7, 11) is 2.28. The van der Waals surface area contributed by atoms with E-state index in [0.29, 0.717) is 17.4 Å². The fourth-order valence-corrected chi connectivity index (χ4v) is 3.18. The van der Waals surface area contributed by atoms with Gasteiger partial charge in [-0.2, -0.15) is 0 Å². The van der Waals surface area contributed by atoms with Crippen LogP contribution in [-0.2, 0) is 4.74 Å². The van der Waals surface area contributed by atoms with Crippen molar-refractivity contribution in [1.29, 1.82) is 0 Å². The molecule has 20 heavy (non-hydrogen) atoms. The van der Waals surface area contributed by atoms with Crippen LogP contribution in [0.15, 0.2) is 0 Å². The average molecular weight is 284 g/mol. The molecule has 1 heterocycles. The fourth-order valence-electron chi connectivity index (χ4n) is 3.18. The lowest BCUT2D eigenvalue weighted by Gasteiger charge is -2.42. The molecule has 1 saturated heterocycles. The molecular weight excluding hydrogens is 248 g/mol. The van der Waals surface area contributed by atoms with Gasteiger partial charge in [0.2, 0.25) is 0 Å². The van der Waals surface area contributed by atoms with Gasteiger partial charge in [0, 0.05) is 31.2 Å². The summed E-state index contributed by atoms with van der Waals surface area (Å²) in [4.78, 5) is 2.54. The molecule has 0 radical (unpaired) electrons. The molecule has 2 unspecified atom stereocenters. The normalized spacial score (nSPS) is 25.4. The van der Waals surface area contributed by atoms with Crippen molar-refractivity contribution in [2.75, 3.05) is 39.9 Å². The number of ether oxygens (including phenoxy) is 1.